The van der Waals surface area contributed by atoms with Crippen molar-refractivity contribution < 1.29 is 22.6 Å². The Kier molecular flexibility index (Phi) is 6.45. The second-order valence-corrected chi connectivity index (χ2v) is 4.69. The Bertz CT molecular complexity index is 432. The van der Waals surface area contributed by atoms with Crippen LogP contribution in [0.2, 0.25) is 5.15 Å². The SMILES string of the molecule is COCc1nc(CCOCC(F)(F)F)nc(Cl)c1Br. The average Bonchev–Trinajstić information content (AvgIpc) is 2.30. The van der Waals surface area contributed by atoms with Crippen molar-refractivity contribution in [1.29, 1.82) is 0 Å². The van der Waals surface area contributed by atoms with E-state index in [-0.39, 0.29) is 24.8 Å². The molecule has 19 heavy (non-hydrogen) atoms. The van der Waals surface area contributed by atoms with E-state index in [9.17, 15) is 13.2 Å². The minimum absolute atomic E-state index is 0.135. The first kappa shape index (κ1) is 16.6. The lowest BCUT2D eigenvalue weighted by Gasteiger charge is -2.09. The van der Waals surface area contributed by atoms with Crippen LogP contribution in [0.3, 0.4) is 0 Å². The predicted molar refractivity (Wildman–Crippen MR) is 66.0 cm³/mol. The van der Waals surface area contributed by atoms with E-state index in [4.69, 9.17) is 16.3 Å². The summed E-state index contributed by atoms with van der Waals surface area (Å²) in [6.07, 6.45) is -4.20. The molecule has 0 saturated carbocycles. The minimum atomic E-state index is -4.33. The van der Waals surface area contributed by atoms with E-state index in [0.717, 1.165) is 0 Å². The number of ether oxygens (including phenoxy) is 2. The second kappa shape index (κ2) is 7.37. The summed E-state index contributed by atoms with van der Waals surface area (Å²) in [7, 11) is 1.49. The Labute approximate surface area is 121 Å². The third-order valence-electron chi connectivity index (χ3n) is 1.94. The molecule has 4 nitrogen and oxygen atoms in total. The fourth-order valence-corrected chi connectivity index (χ4v) is 1.71. The maximum absolute atomic E-state index is 11.9. The largest absolute Gasteiger partial charge is 0.411 e. The molecule has 1 rings (SSSR count). The van der Waals surface area contributed by atoms with E-state index in [1.165, 1.54) is 7.11 Å². The first-order chi connectivity index (χ1) is 8.83. The number of nitrogens with zero attached hydrogens (tertiary/aromatic N) is 2. The molecule has 0 aliphatic rings. The van der Waals surface area contributed by atoms with Crippen LogP contribution in [0.15, 0.2) is 4.47 Å². The van der Waals surface area contributed by atoms with E-state index in [1.54, 1.807) is 0 Å². The summed E-state index contributed by atoms with van der Waals surface area (Å²) in [5.41, 5.74) is 0.535. The Morgan fingerprint density at radius 1 is 1.32 bits per heavy atom. The molecule has 1 aromatic rings. The van der Waals surface area contributed by atoms with Gasteiger partial charge in [0, 0.05) is 13.5 Å². The highest BCUT2D eigenvalue weighted by Crippen LogP contribution is 2.24. The van der Waals surface area contributed by atoms with E-state index >= 15 is 0 Å². The van der Waals surface area contributed by atoms with Gasteiger partial charge in [-0.2, -0.15) is 13.2 Å². The number of rotatable bonds is 6. The van der Waals surface area contributed by atoms with Crippen LogP contribution in [-0.4, -0.2) is 36.5 Å². The van der Waals surface area contributed by atoms with Gasteiger partial charge < -0.3 is 9.47 Å². The van der Waals surface area contributed by atoms with Gasteiger partial charge in [0.2, 0.25) is 0 Å². The molecule has 0 unspecified atom stereocenters. The quantitative estimate of drug-likeness (QED) is 0.575. The molecule has 0 bridgehead atoms. The van der Waals surface area contributed by atoms with Crippen LogP contribution in [0.5, 0.6) is 0 Å². The summed E-state index contributed by atoms with van der Waals surface area (Å²) in [6, 6.07) is 0. The van der Waals surface area contributed by atoms with Gasteiger partial charge in [-0.15, -0.1) is 0 Å². The molecule has 1 aromatic heterocycles. The molecule has 0 amide bonds. The summed E-state index contributed by atoms with van der Waals surface area (Å²) in [4.78, 5) is 8.07. The summed E-state index contributed by atoms with van der Waals surface area (Å²) in [5, 5.41) is 0.188. The first-order valence-electron chi connectivity index (χ1n) is 5.17. The number of hydrogen-bond donors (Lipinski definition) is 0. The normalized spacial score (nSPS) is 11.9. The van der Waals surface area contributed by atoms with Crippen LogP contribution >= 0.6 is 27.5 Å². The van der Waals surface area contributed by atoms with Crippen LogP contribution in [-0.2, 0) is 22.5 Å². The molecule has 1 heterocycles. The lowest BCUT2D eigenvalue weighted by molar-refractivity contribution is -0.173. The molecular weight excluding hydrogens is 352 g/mol. The van der Waals surface area contributed by atoms with Gasteiger partial charge in [-0.25, -0.2) is 9.97 Å². The molecule has 0 spiro atoms. The number of alkyl halides is 3. The van der Waals surface area contributed by atoms with Crippen molar-refractivity contribution in [3.05, 3.63) is 21.1 Å². The van der Waals surface area contributed by atoms with Crippen molar-refractivity contribution in [2.24, 2.45) is 0 Å². The zero-order valence-corrected chi connectivity index (χ0v) is 12.3. The van der Waals surface area contributed by atoms with Crippen molar-refractivity contribution >= 4 is 27.5 Å². The summed E-state index contributed by atoms with van der Waals surface area (Å²) in [5.74, 6) is 0.308. The fourth-order valence-electron chi connectivity index (χ4n) is 1.21. The summed E-state index contributed by atoms with van der Waals surface area (Å²) in [6.45, 7) is -1.20. The molecule has 108 valence electrons. The summed E-state index contributed by atoms with van der Waals surface area (Å²) < 4.78 is 45.5. The highest BCUT2D eigenvalue weighted by atomic mass is 79.9. The highest BCUT2D eigenvalue weighted by molar-refractivity contribution is 9.10. The Morgan fingerprint density at radius 3 is 2.58 bits per heavy atom. The zero-order chi connectivity index (χ0) is 14.5. The standard InChI is InChI=1S/C10H11BrClF3N2O2/c1-18-4-6-8(11)9(12)17-7(16-6)2-3-19-5-10(13,14)15/h2-5H2,1H3. The molecule has 0 radical (unpaired) electrons. The number of aromatic nitrogens is 2. The van der Waals surface area contributed by atoms with Gasteiger partial charge in [-0.1, -0.05) is 11.6 Å². The smallest absolute Gasteiger partial charge is 0.378 e. The highest BCUT2D eigenvalue weighted by Gasteiger charge is 2.27. The Morgan fingerprint density at radius 2 is 2.00 bits per heavy atom. The third kappa shape index (κ3) is 6.03. The van der Waals surface area contributed by atoms with Gasteiger partial charge >= 0.3 is 6.18 Å². The molecule has 0 N–H and O–H groups in total. The van der Waals surface area contributed by atoms with Crippen molar-refractivity contribution in [3.63, 3.8) is 0 Å². The van der Waals surface area contributed by atoms with E-state index < -0.39 is 12.8 Å². The monoisotopic (exact) mass is 362 g/mol. The van der Waals surface area contributed by atoms with Crippen molar-refractivity contribution in [2.45, 2.75) is 19.2 Å². The number of halogens is 5. The van der Waals surface area contributed by atoms with Crippen LogP contribution in [0.4, 0.5) is 13.2 Å². The molecule has 0 fully saturated rings. The molecular formula is C10H11BrClF3N2O2. The van der Waals surface area contributed by atoms with Crippen LogP contribution in [0.1, 0.15) is 11.5 Å². The lowest BCUT2D eigenvalue weighted by atomic mass is 10.3. The topological polar surface area (TPSA) is 44.2 Å². The molecule has 0 atom stereocenters. The van der Waals surface area contributed by atoms with E-state index in [1.807, 2.05) is 0 Å². The molecule has 0 aromatic carbocycles. The Balaban J connectivity index is 2.59. The molecule has 0 aliphatic carbocycles. The van der Waals surface area contributed by atoms with E-state index in [2.05, 4.69) is 30.6 Å². The first-order valence-corrected chi connectivity index (χ1v) is 6.35. The lowest BCUT2D eigenvalue weighted by Crippen LogP contribution is -2.18. The zero-order valence-electron chi connectivity index (χ0n) is 9.93. The van der Waals surface area contributed by atoms with Gasteiger partial charge in [0.25, 0.3) is 0 Å². The van der Waals surface area contributed by atoms with Crippen molar-refractivity contribution in [1.82, 2.24) is 9.97 Å². The van der Waals surface area contributed by atoms with Crippen LogP contribution in [0, 0.1) is 0 Å². The fraction of sp³-hybridized carbons (Fsp3) is 0.600. The van der Waals surface area contributed by atoms with Gasteiger partial charge in [-0.3, -0.25) is 0 Å². The number of methoxy groups -OCH3 is 1. The molecule has 0 saturated heterocycles. The van der Waals surface area contributed by atoms with Gasteiger partial charge in [-0.05, 0) is 15.9 Å². The third-order valence-corrected chi connectivity index (χ3v) is 3.28. The predicted octanol–water partition coefficient (Wildman–Crippen LogP) is 3.16. The molecule has 0 aliphatic heterocycles. The van der Waals surface area contributed by atoms with Crippen molar-refractivity contribution in [3.8, 4) is 0 Å². The van der Waals surface area contributed by atoms with Gasteiger partial charge in [0.1, 0.15) is 17.6 Å². The van der Waals surface area contributed by atoms with Crippen LogP contribution < -0.4 is 0 Å². The van der Waals surface area contributed by atoms with Gasteiger partial charge in [0.15, 0.2) is 0 Å². The van der Waals surface area contributed by atoms with Gasteiger partial charge in [0.05, 0.1) is 23.4 Å². The van der Waals surface area contributed by atoms with Crippen LogP contribution in [0.25, 0.3) is 0 Å². The van der Waals surface area contributed by atoms with Crippen molar-refractivity contribution in [2.75, 3.05) is 20.3 Å². The summed E-state index contributed by atoms with van der Waals surface area (Å²) >= 11 is 9.07. The van der Waals surface area contributed by atoms with E-state index in [0.29, 0.717) is 16.0 Å². The maximum Gasteiger partial charge on any atom is 0.411 e. The number of hydrogen-bond acceptors (Lipinski definition) is 4. The molecule has 9 heteroatoms. The second-order valence-electron chi connectivity index (χ2n) is 3.54. The maximum atomic E-state index is 11.9. The average molecular weight is 364 g/mol. The minimum Gasteiger partial charge on any atom is -0.378 e. The Hall–Kier alpha value is -0.440.